The van der Waals surface area contributed by atoms with E-state index in [2.05, 4.69) is 21.3 Å². The van der Waals surface area contributed by atoms with Crippen LogP contribution in [0.4, 0.5) is 16.2 Å². The number of urea groups is 1. The van der Waals surface area contributed by atoms with Crippen molar-refractivity contribution < 1.29 is 51.6 Å². The summed E-state index contributed by atoms with van der Waals surface area (Å²) in [6.07, 6.45) is 2.49. The smallest absolute Gasteiger partial charge is 0.319 e. The molecule has 64 heavy (non-hydrogen) atoms. The van der Waals surface area contributed by atoms with E-state index >= 15 is 0 Å². The number of anilines is 1. The number of fused-ring (bicyclic) bond motifs is 1. The van der Waals surface area contributed by atoms with E-state index in [0.29, 0.717) is 56.2 Å². The van der Waals surface area contributed by atoms with Gasteiger partial charge >= 0.3 is 6.03 Å². The van der Waals surface area contributed by atoms with Crippen LogP contribution in [0.1, 0.15) is 50.2 Å². The third-order valence-electron chi connectivity index (χ3n) is 10.6. The summed E-state index contributed by atoms with van der Waals surface area (Å²) in [5.41, 5.74) is 1.63. The molecule has 21 nitrogen and oxygen atoms in total. The fraction of sp³-hybridized carbons (Fsp3) is 0.341. The third-order valence-corrected chi connectivity index (χ3v) is 12.8. The number of benzene rings is 3. The number of nitrogens with one attached hydrogen (secondary N) is 4. The summed E-state index contributed by atoms with van der Waals surface area (Å²) in [5, 5.41) is 23.5. The average molecular weight is 922 g/mol. The van der Waals surface area contributed by atoms with Gasteiger partial charge in [-0.25, -0.2) is 13.2 Å². The summed E-state index contributed by atoms with van der Waals surface area (Å²) >= 11 is 6.42. The molecule has 0 aliphatic carbocycles. The topological polar surface area (TPSA) is 267 Å². The standard InChI is InChI=1S/C41H44ClN9O12S/c1-43-15-18-63-17-13-26-4-6-29(21-31(26)42)46-41(58)45-22-25-3-7-30-28(19-25)23-49(39(30)56)32-8-10-37(54)50(40(32)57)24-47(2)64(61,62)34-9-5-27(20-33(34)51(59)60)38(55)44-14-16-48-35(52)11-12-36(48)53/h3-7,9,11-12,19-21,32,43H,8,10,13-18,22-24H2,1-2H3,(H,44,55)(H2,45,46,58). The van der Waals surface area contributed by atoms with Crippen molar-refractivity contribution in [3.63, 3.8) is 0 Å². The minimum absolute atomic E-state index is 0.00993. The molecule has 1 unspecified atom stereocenters. The minimum atomic E-state index is -4.78. The Balaban J connectivity index is 1.05. The summed E-state index contributed by atoms with van der Waals surface area (Å²) < 4.78 is 33.6. The number of likely N-dealkylation sites (N-methyl/N-ethyl adjacent to an activating group) is 1. The molecular weight excluding hydrogens is 878 g/mol. The molecule has 338 valence electrons. The fourth-order valence-corrected chi connectivity index (χ4v) is 8.67. The maximum absolute atomic E-state index is 13.9. The van der Waals surface area contributed by atoms with Gasteiger partial charge in [-0.3, -0.25) is 48.7 Å². The summed E-state index contributed by atoms with van der Waals surface area (Å²) in [6.45, 7) is 0.681. The summed E-state index contributed by atoms with van der Waals surface area (Å²) in [5.74, 6) is -4.05. The van der Waals surface area contributed by atoms with Gasteiger partial charge in [-0.1, -0.05) is 29.8 Å². The molecule has 0 saturated carbocycles. The van der Waals surface area contributed by atoms with Crippen LogP contribution in [-0.4, -0.2) is 133 Å². The Hall–Kier alpha value is -6.59. The maximum atomic E-state index is 13.9. The molecule has 3 heterocycles. The van der Waals surface area contributed by atoms with E-state index < -0.39 is 79.7 Å². The van der Waals surface area contributed by atoms with Crippen molar-refractivity contribution in [3.8, 4) is 0 Å². The molecule has 0 aromatic heterocycles. The normalized spacial score (nSPS) is 16.2. The number of hydrogen-bond donors (Lipinski definition) is 4. The lowest BCUT2D eigenvalue weighted by atomic mass is 10.0. The van der Waals surface area contributed by atoms with Crippen LogP contribution in [0.15, 0.2) is 71.6 Å². The zero-order valence-corrected chi connectivity index (χ0v) is 36.2. The van der Waals surface area contributed by atoms with Gasteiger partial charge in [-0.15, -0.1) is 0 Å². The van der Waals surface area contributed by atoms with Crippen molar-refractivity contribution in [2.75, 3.05) is 58.9 Å². The highest BCUT2D eigenvalue weighted by Crippen LogP contribution is 2.32. The molecular formula is C41H44ClN9O12S. The summed E-state index contributed by atoms with van der Waals surface area (Å²) in [4.78, 5) is 103. The van der Waals surface area contributed by atoms with Crippen molar-refractivity contribution in [1.82, 2.24) is 35.0 Å². The number of nitrogens with zero attached hydrogens (tertiary/aromatic N) is 5. The number of amides is 8. The first kappa shape index (κ1) is 46.9. The van der Waals surface area contributed by atoms with Crippen LogP contribution in [0.2, 0.25) is 5.02 Å². The van der Waals surface area contributed by atoms with Crippen LogP contribution in [0.3, 0.4) is 0 Å². The highest BCUT2D eigenvalue weighted by Gasteiger charge is 2.44. The van der Waals surface area contributed by atoms with Crippen LogP contribution < -0.4 is 21.3 Å². The van der Waals surface area contributed by atoms with Gasteiger partial charge in [0.2, 0.25) is 5.91 Å². The van der Waals surface area contributed by atoms with Gasteiger partial charge in [0, 0.05) is 86.2 Å². The van der Waals surface area contributed by atoms with Gasteiger partial charge in [0.05, 0.1) is 24.8 Å². The molecule has 3 aliphatic rings. The second-order valence-corrected chi connectivity index (χ2v) is 17.2. The predicted octanol–water partition coefficient (Wildman–Crippen LogP) is 1.75. The molecule has 3 aromatic rings. The Morgan fingerprint density at radius 2 is 1.70 bits per heavy atom. The molecule has 4 N–H and O–H groups in total. The average Bonchev–Trinajstić information content (AvgIpc) is 3.76. The maximum Gasteiger partial charge on any atom is 0.319 e. The lowest BCUT2D eigenvalue weighted by Crippen LogP contribution is -2.57. The number of carbonyl (C=O) groups is 7. The van der Waals surface area contributed by atoms with Gasteiger partial charge in [0.25, 0.3) is 45.2 Å². The number of nitro groups is 1. The van der Waals surface area contributed by atoms with Crippen LogP contribution in [-0.2, 0) is 53.4 Å². The number of ether oxygens (including phenoxy) is 1. The van der Waals surface area contributed by atoms with Gasteiger partial charge in [0.15, 0.2) is 4.90 Å². The fourth-order valence-electron chi connectivity index (χ4n) is 7.16. The van der Waals surface area contributed by atoms with Gasteiger partial charge in [0.1, 0.15) is 6.04 Å². The number of nitro benzene ring substituents is 1. The predicted molar refractivity (Wildman–Crippen MR) is 228 cm³/mol. The number of piperidine rings is 1. The molecule has 1 fully saturated rings. The molecule has 1 saturated heterocycles. The molecule has 8 amide bonds. The van der Waals surface area contributed by atoms with Gasteiger partial charge in [-0.05, 0) is 66.9 Å². The van der Waals surface area contributed by atoms with Crippen molar-refractivity contribution in [3.05, 3.63) is 110 Å². The minimum Gasteiger partial charge on any atom is -0.380 e. The second kappa shape index (κ2) is 20.3. The first-order valence-electron chi connectivity index (χ1n) is 19.9. The Labute approximate surface area is 371 Å². The van der Waals surface area contributed by atoms with E-state index in [1.165, 1.54) is 4.90 Å². The molecule has 0 bridgehead atoms. The Bertz CT molecular complexity index is 2540. The number of imide groups is 2. The number of rotatable bonds is 19. The molecule has 6 rings (SSSR count). The SMILES string of the molecule is CNCCOCCc1ccc(NC(=O)NCc2ccc3c(c2)CN(C2CCC(=O)N(CN(C)S(=O)(=O)c4ccc(C(=O)NCCN5C(=O)C=CC5=O)cc4[N+](=O)[O-])C2=O)C3=O)cc1Cl. The second-order valence-electron chi connectivity index (χ2n) is 14.8. The van der Waals surface area contributed by atoms with E-state index in [1.807, 2.05) is 13.1 Å². The highest BCUT2D eigenvalue weighted by atomic mass is 35.5. The summed E-state index contributed by atoms with van der Waals surface area (Å²) in [7, 11) is -1.92. The summed E-state index contributed by atoms with van der Waals surface area (Å²) in [6, 6.07) is 11.1. The Kier molecular flexibility index (Phi) is 14.9. The number of hydrogen-bond acceptors (Lipinski definition) is 13. The quantitative estimate of drug-likeness (QED) is 0.0579. The van der Waals surface area contributed by atoms with Gasteiger partial charge < -0.3 is 30.9 Å². The van der Waals surface area contributed by atoms with Crippen LogP contribution in [0.5, 0.6) is 0 Å². The number of sulfonamides is 1. The van der Waals surface area contributed by atoms with E-state index in [9.17, 15) is 52.1 Å². The first-order valence-corrected chi connectivity index (χ1v) is 21.7. The van der Waals surface area contributed by atoms with Gasteiger partial charge in [-0.2, -0.15) is 4.31 Å². The Morgan fingerprint density at radius 1 is 0.953 bits per heavy atom. The van der Waals surface area contributed by atoms with Crippen molar-refractivity contribution in [2.24, 2.45) is 0 Å². The molecule has 1 atom stereocenters. The largest absolute Gasteiger partial charge is 0.380 e. The number of carbonyl (C=O) groups excluding carboxylic acids is 7. The lowest BCUT2D eigenvalue weighted by Gasteiger charge is -2.36. The van der Waals surface area contributed by atoms with Crippen molar-refractivity contribution >= 4 is 74.5 Å². The van der Waals surface area contributed by atoms with Crippen LogP contribution >= 0.6 is 11.6 Å². The van der Waals surface area contributed by atoms with Crippen molar-refractivity contribution in [2.45, 2.75) is 43.3 Å². The van der Waals surface area contributed by atoms with Crippen LogP contribution in [0.25, 0.3) is 0 Å². The highest BCUT2D eigenvalue weighted by molar-refractivity contribution is 7.89. The third kappa shape index (κ3) is 10.6. The zero-order chi connectivity index (χ0) is 46.3. The number of likely N-dealkylation sites (tertiary alicyclic amines) is 1. The zero-order valence-electron chi connectivity index (χ0n) is 34.6. The molecule has 3 aromatic carbocycles. The molecule has 0 spiro atoms. The van der Waals surface area contributed by atoms with E-state index in [1.54, 1.807) is 30.3 Å². The van der Waals surface area contributed by atoms with E-state index in [-0.39, 0.29) is 44.6 Å². The monoisotopic (exact) mass is 921 g/mol. The van der Waals surface area contributed by atoms with E-state index in [4.69, 9.17) is 16.3 Å². The number of halogens is 1. The molecule has 3 aliphatic heterocycles. The lowest BCUT2D eigenvalue weighted by molar-refractivity contribution is -0.387. The first-order chi connectivity index (χ1) is 30.5. The van der Waals surface area contributed by atoms with Crippen LogP contribution in [0, 0.1) is 10.1 Å². The van der Waals surface area contributed by atoms with Crippen molar-refractivity contribution in [1.29, 1.82) is 0 Å². The van der Waals surface area contributed by atoms with E-state index in [0.717, 1.165) is 54.4 Å². The Morgan fingerprint density at radius 3 is 2.41 bits per heavy atom. The molecule has 23 heteroatoms. The molecule has 0 radical (unpaired) electrons.